The van der Waals surface area contributed by atoms with E-state index in [1.165, 1.54) is 17.3 Å². The van der Waals surface area contributed by atoms with Gasteiger partial charge >= 0.3 is 5.97 Å². The van der Waals surface area contributed by atoms with Gasteiger partial charge in [0.2, 0.25) is 0 Å². The van der Waals surface area contributed by atoms with Gasteiger partial charge in [-0.1, -0.05) is 29.8 Å². The Labute approximate surface area is 99.8 Å². The molecule has 0 atom stereocenters. The van der Waals surface area contributed by atoms with Crippen LogP contribution in [0.3, 0.4) is 0 Å². The van der Waals surface area contributed by atoms with E-state index in [1.807, 2.05) is 25.1 Å². The smallest absolute Gasteiger partial charge is 0.337 e. The second-order valence-electron chi connectivity index (χ2n) is 4.01. The van der Waals surface area contributed by atoms with E-state index in [0.29, 0.717) is 0 Å². The van der Waals surface area contributed by atoms with Gasteiger partial charge in [0.25, 0.3) is 0 Å². The number of carboxylic acid groups (broad SMARTS) is 1. The highest BCUT2D eigenvalue weighted by Crippen LogP contribution is 2.10. The van der Waals surface area contributed by atoms with Gasteiger partial charge in [0.05, 0.1) is 5.56 Å². The van der Waals surface area contributed by atoms with Crippen LogP contribution in [0.15, 0.2) is 42.6 Å². The molecule has 3 nitrogen and oxygen atoms in total. The highest BCUT2D eigenvalue weighted by Gasteiger charge is 2.03. The number of aryl methyl sites for hydroxylation is 1. The molecule has 0 aliphatic carbocycles. The third-order valence-corrected chi connectivity index (χ3v) is 2.54. The molecule has 0 saturated heterocycles. The van der Waals surface area contributed by atoms with Crippen LogP contribution in [0.1, 0.15) is 27.2 Å². The summed E-state index contributed by atoms with van der Waals surface area (Å²) in [4.78, 5) is 14.8. The van der Waals surface area contributed by atoms with Gasteiger partial charge in [-0.15, -0.1) is 0 Å². The highest BCUT2D eigenvalue weighted by atomic mass is 16.4. The zero-order chi connectivity index (χ0) is 12.3. The third kappa shape index (κ3) is 2.91. The number of aromatic carboxylic acids is 1. The molecule has 86 valence electrons. The molecule has 1 heterocycles. The van der Waals surface area contributed by atoms with Crippen LogP contribution in [-0.2, 0) is 6.42 Å². The molecule has 0 saturated carbocycles. The van der Waals surface area contributed by atoms with Crippen LogP contribution in [0.4, 0.5) is 0 Å². The molecule has 0 aliphatic rings. The van der Waals surface area contributed by atoms with Crippen molar-refractivity contribution in [1.29, 1.82) is 0 Å². The Morgan fingerprint density at radius 3 is 2.71 bits per heavy atom. The van der Waals surface area contributed by atoms with Crippen molar-refractivity contribution < 1.29 is 9.90 Å². The zero-order valence-electron chi connectivity index (χ0n) is 9.55. The van der Waals surface area contributed by atoms with Crippen LogP contribution >= 0.6 is 0 Å². The second kappa shape index (κ2) is 4.78. The maximum absolute atomic E-state index is 10.7. The number of pyridine rings is 1. The minimum Gasteiger partial charge on any atom is -0.478 e. The number of hydrogen-bond donors (Lipinski definition) is 1. The fraction of sp³-hybridized carbons (Fsp3) is 0.143. The Morgan fingerprint density at radius 2 is 2.12 bits per heavy atom. The first-order chi connectivity index (χ1) is 8.15. The van der Waals surface area contributed by atoms with Crippen LogP contribution in [0.2, 0.25) is 0 Å². The molecule has 0 bridgehead atoms. The van der Waals surface area contributed by atoms with Crippen molar-refractivity contribution in [3.8, 4) is 0 Å². The van der Waals surface area contributed by atoms with Crippen molar-refractivity contribution in [3.63, 3.8) is 0 Å². The first-order valence-electron chi connectivity index (χ1n) is 5.39. The summed E-state index contributed by atoms with van der Waals surface area (Å²) in [6.45, 7) is 2.05. The molecule has 1 N–H and O–H groups in total. The number of hydrogen-bond acceptors (Lipinski definition) is 2. The fourth-order valence-electron chi connectivity index (χ4n) is 1.69. The van der Waals surface area contributed by atoms with E-state index in [-0.39, 0.29) is 5.56 Å². The summed E-state index contributed by atoms with van der Waals surface area (Å²) in [5, 5.41) is 8.76. The first kappa shape index (κ1) is 11.3. The molecule has 0 amide bonds. The summed E-state index contributed by atoms with van der Waals surface area (Å²) in [6.07, 6.45) is 2.12. The molecule has 2 rings (SSSR count). The maximum Gasteiger partial charge on any atom is 0.337 e. The van der Waals surface area contributed by atoms with Crippen molar-refractivity contribution in [2.75, 3.05) is 0 Å². The summed E-state index contributed by atoms with van der Waals surface area (Å²) in [7, 11) is 0. The maximum atomic E-state index is 10.7. The van der Waals surface area contributed by atoms with E-state index in [2.05, 4.69) is 11.1 Å². The SMILES string of the molecule is Cc1cccc(Cc2ccc(C(=O)O)cn2)c1. The quantitative estimate of drug-likeness (QED) is 0.877. The first-order valence-corrected chi connectivity index (χ1v) is 5.39. The summed E-state index contributed by atoms with van der Waals surface area (Å²) >= 11 is 0. The van der Waals surface area contributed by atoms with Gasteiger partial charge in [-0.3, -0.25) is 4.98 Å². The Morgan fingerprint density at radius 1 is 1.29 bits per heavy atom. The van der Waals surface area contributed by atoms with Gasteiger partial charge in [-0.25, -0.2) is 4.79 Å². The Hall–Kier alpha value is -2.16. The summed E-state index contributed by atoms with van der Waals surface area (Å²) < 4.78 is 0. The minimum absolute atomic E-state index is 0.220. The number of rotatable bonds is 3. The Kier molecular flexibility index (Phi) is 3.19. The largest absolute Gasteiger partial charge is 0.478 e. The molecular formula is C14H13NO2. The van der Waals surface area contributed by atoms with Crippen molar-refractivity contribution in [2.45, 2.75) is 13.3 Å². The Bertz CT molecular complexity index is 532. The van der Waals surface area contributed by atoms with E-state index in [4.69, 9.17) is 5.11 Å². The standard InChI is InChI=1S/C14H13NO2/c1-10-3-2-4-11(7-10)8-13-6-5-12(9-15-13)14(16)17/h2-7,9H,8H2,1H3,(H,16,17). The van der Waals surface area contributed by atoms with Gasteiger partial charge in [0.1, 0.15) is 0 Å². The van der Waals surface area contributed by atoms with Gasteiger partial charge < -0.3 is 5.11 Å². The lowest BCUT2D eigenvalue weighted by atomic mass is 10.1. The molecule has 0 aliphatic heterocycles. The van der Waals surface area contributed by atoms with Crippen molar-refractivity contribution in [2.24, 2.45) is 0 Å². The number of carbonyl (C=O) groups is 1. The highest BCUT2D eigenvalue weighted by molar-refractivity contribution is 5.87. The minimum atomic E-state index is -0.945. The molecule has 1 aromatic carbocycles. The van der Waals surface area contributed by atoms with Gasteiger partial charge in [-0.2, -0.15) is 0 Å². The molecule has 0 spiro atoms. The molecule has 2 aromatic rings. The second-order valence-corrected chi connectivity index (χ2v) is 4.01. The molecule has 0 radical (unpaired) electrons. The molecule has 1 aromatic heterocycles. The molecule has 0 fully saturated rings. The predicted molar refractivity (Wildman–Crippen MR) is 65.2 cm³/mol. The molecule has 17 heavy (non-hydrogen) atoms. The molecular weight excluding hydrogens is 214 g/mol. The molecule has 3 heteroatoms. The van der Waals surface area contributed by atoms with E-state index in [1.54, 1.807) is 12.1 Å². The van der Waals surface area contributed by atoms with Crippen LogP contribution < -0.4 is 0 Å². The lowest BCUT2D eigenvalue weighted by molar-refractivity contribution is 0.0696. The number of benzene rings is 1. The van der Waals surface area contributed by atoms with Crippen LogP contribution in [0.5, 0.6) is 0 Å². The Balaban J connectivity index is 2.16. The van der Waals surface area contributed by atoms with E-state index in [0.717, 1.165) is 12.1 Å². The van der Waals surface area contributed by atoms with Crippen LogP contribution in [-0.4, -0.2) is 16.1 Å². The van der Waals surface area contributed by atoms with Crippen molar-refractivity contribution in [1.82, 2.24) is 4.98 Å². The fourth-order valence-corrected chi connectivity index (χ4v) is 1.69. The number of aromatic nitrogens is 1. The lowest BCUT2D eigenvalue weighted by Gasteiger charge is -2.02. The van der Waals surface area contributed by atoms with E-state index < -0.39 is 5.97 Å². The number of nitrogens with zero attached hydrogens (tertiary/aromatic N) is 1. The average molecular weight is 227 g/mol. The topological polar surface area (TPSA) is 50.2 Å². The molecule has 0 unspecified atom stereocenters. The number of carboxylic acids is 1. The van der Waals surface area contributed by atoms with Crippen LogP contribution in [0.25, 0.3) is 0 Å². The van der Waals surface area contributed by atoms with Crippen LogP contribution in [0, 0.1) is 6.92 Å². The van der Waals surface area contributed by atoms with Gasteiger partial charge in [0.15, 0.2) is 0 Å². The van der Waals surface area contributed by atoms with Gasteiger partial charge in [-0.05, 0) is 24.6 Å². The van der Waals surface area contributed by atoms with Gasteiger partial charge in [0, 0.05) is 18.3 Å². The average Bonchev–Trinajstić information content (AvgIpc) is 2.29. The zero-order valence-corrected chi connectivity index (χ0v) is 9.55. The van der Waals surface area contributed by atoms with Crippen molar-refractivity contribution >= 4 is 5.97 Å². The van der Waals surface area contributed by atoms with E-state index in [9.17, 15) is 4.79 Å². The third-order valence-electron chi connectivity index (χ3n) is 2.54. The van der Waals surface area contributed by atoms with E-state index >= 15 is 0 Å². The summed E-state index contributed by atoms with van der Waals surface area (Å²) in [5.74, 6) is -0.945. The lowest BCUT2D eigenvalue weighted by Crippen LogP contribution is -1.99. The van der Waals surface area contributed by atoms with Crippen molar-refractivity contribution in [3.05, 3.63) is 65.0 Å². The summed E-state index contributed by atoms with van der Waals surface area (Å²) in [5.41, 5.74) is 3.49. The summed E-state index contributed by atoms with van der Waals surface area (Å²) in [6, 6.07) is 11.5. The normalized spacial score (nSPS) is 10.2. The monoisotopic (exact) mass is 227 g/mol. The predicted octanol–water partition coefficient (Wildman–Crippen LogP) is 2.68.